The molecule has 0 amide bonds. The van der Waals surface area contributed by atoms with Gasteiger partial charge in [0.05, 0.1) is 11.6 Å². The molecule has 0 aliphatic heterocycles. The van der Waals surface area contributed by atoms with Crippen molar-refractivity contribution in [1.29, 1.82) is 0 Å². The van der Waals surface area contributed by atoms with Crippen LogP contribution in [0.15, 0.2) is 18.2 Å². The standard InChI is InChI=1S/C11H14ClNO2/c1-8(15)10-4-3-9(7-11(10)12)13(2)5-6-14/h3-4,7,14H,5-6H2,1-2H3. The van der Waals surface area contributed by atoms with E-state index in [4.69, 9.17) is 16.7 Å². The number of hydrogen-bond acceptors (Lipinski definition) is 3. The number of ketones is 1. The first-order valence-electron chi connectivity index (χ1n) is 4.68. The van der Waals surface area contributed by atoms with Gasteiger partial charge in [0.2, 0.25) is 0 Å². The summed E-state index contributed by atoms with van der Waals surface area (Å²) in [6, 6.07) is 5.25. The molecule has 0 saturated heterocycles. The van der Waals surface area contributed by atoms with Crippen LogP contribution in [0.3, 0.4) is 0 Å². The van der Waals surface area contributed by atoms with Gasteiger partial charge in [-0.25, -0.2) is 0 Å². The van der Waals surface area contributed by atoms with Crippen LogP contribution in [0.5, 0.6) is 0 Å². The average molecular weight is 228 g/mol. The molecular weight excluding hydrogens is 214 g/mol. The van der Waals surface area contributed by atoms with Gasteiger partial charge >= 0.3 is 0 Å². The number of likely N-dealkylation sites (N-methyl/N-ethyl adjacent to an activating group) is 1. The van der Waals surface area contributed by atoms with Crippen LogP contribution in [0.2, 0.25) is 5.02 Å². The summed E-state index contributed by atoms with van der Waals surface area (Å²) in [4.78, 5) is 13.0. The third-order valence-electron chi connectivity index (χ3n) is 2.21. The van der Waals surface area contributed by atoms with Crippen molar-refractivity contribution in [3.63, 3.8) is 0 Å². The smallest absolute Gasteiger partial charge is 0.161 e. The van der Waals surface area contributed by atoms with Crippen LogP contribution in [0.1, 0.15) is 17.3 Å². The van der Waals surface area contributed by atoms with Crippen LogP contribution in [-0.4, -0.2) is 31.1 Å². The molecule has 0 unspecified atom stereocenters. The van der Waals surface area contributed by atoms with E-state index in [1.165, 1.54) is 6.92 Å². The minimum atomic E-state index is -0.0450. The Kier molecular flexibility index (Phi) is 4.12. The molecule has 0 bridgehead atoms. The summed E-state index contributed by atoms with van der Waals surface area (Å²) >= 11 is 5.96. The Balaban J connectivity index is 2.96. The number of rotatable bonds is 4. The molecule has 1 N–H and O–H groups in total. The molecule has 82 valence electrons. The minimum absolute atomic E-state index is 0.0450. The molecule has 0 atom stereocenters. The molecule has 0 radical (unpaired) electrons. The molecular formula is C11H14ClNO2. The number of hydrogen-bond donors (Lipinski definition) is 1. The van der Waals surface area contributed by atoms with Gasteiger partial charge in [-0.2, -0.15) is 0 Å². The van der Waals surface area contributed by atoms with E-state index in [0.29, 0.717) is 17.1 Å². The van der Waals surface area contributed by atoms with Crippen LogP contribution in [-0.2, 0) is 0 Å². The zero-order valence-electron chi connectivity index (χ0n) is 8.83. The van der Waals surface area contributed by atoms with Crippen LogP contribution < -0.4 is 4.90 Å². The second-order valence-corrected chi connectivity index (χ2v) is 3.77. The molecule has 1 rings (SSSR count). The summed E-state index contributed by atoms with van der Waals surface area (Å²) < 4.78 is 0. The van der Waals surface area contributed by atoms with E-state index < -0.39 is 0 Å². The lowest BCUT2D eigenvalue weighted by Crippen LogP contribution is -2.21. The van der Waals surface area contributed by atoms with E-state index >= 15 is 0 Å². The molecule has 0 aliphatic carbocycles. The number of aliphatic hydroxyl groups excluding tert-OH is 1. The fourth-order valence-electron chi connectivity index (χ4n) is 1.31. The highest BCUT2D eigenvalue weighted by Crippen LogP contribution is 2.23. The number of carbonyl (C=O) groups excluding carboxylic acids is 1. The normalized spacial score (nSPS) is 10.1. The molecule has 0 saturated carbocycles. The maximum atomic E-state index is 11.1. The molecule has 4 heteroatoms. The number of aliphatic hydroxyl groups is 1. The number of anilines is 1. The van der Waals surface area contributed by atoms with Crippen LogP contribution in [0, 0.1) is 0 Å². The van der Waals surface area contributed by atoms with Crippen molar-refractivity contribution >= 4 is 23.1 Å². The minimum Gasteiger partial charge on any atom is -0.395 e. The largest absolute Gasteiger partial charge is 0.395 e. The first kappa shape index (κ1) is 12.0. The highest BCUT2D eigenvalue weighted by Gasteiger charge is 2.07. The summed E-state index contributed by atoms with van der Waals surface area (Å²) in [5.41, 5.74) is 1.41. The third kappa shape index (κ3) is 2.94. The first-order valence-corrected chi connectivity index (χ1v) is 5.06. The average Bonchev–Trinajstić information content (AvgIpc) is 2.17. The molecule has 0 heterocycles. The number of carbonyl (C=O) groups is 1. The second kappa shape index (κ2) is 5.14. The van der Waals surface area contributed by atoms with E-state index in [9.17, 15) is 4.79 Å². The molecule has 0 aromatic heterocycles. The predicted molar refractivity (Wildman–Crippen MR) is 61.8 cm³/mol. The molecule has 0 fully saturated rings. The van der Waals surface area contributed by atoms with Crippen molar-refractivity contribution < 1.29 is 9.90 Å². The Hall–Kier alpha value is -1.06. The lowest BCUT2D eigenvalue weighted by Gasteiger charge is -2.18. The maximum Gasteiger partial charge on any atom is 0.161 e. The number of benzene rings is 1. The summed E-state index contributed by atoms with van der Waals surface area (Å²) in [6.07, 6.45) is 0. The fraction of sp³-hybridized carbons (Fsp3) is 0.364. The van der Waals surface area contributed by atoms with Crippen molar-refractivity contribution in [3.8, 4) is 0 Å². The van der Waals surface area contributed by atoms with Gasteiger partial charge in [0.25, 0.3) is 0 Å². The van der Waals surface area contributed by atoms with Crippen LogP contribution in [0.25, 0.3) is 0 Å². The maximum absolute atomic E-state index is 11.1. The van der Waals surface area contributed by atoms with E-state index in [2.05, 4.69) is 0 Å². The van der Waals surface area contributed by atoms with Gasteiger partial charge in [-0.1, -0.05) is 11.6 Å². The SMILES string of the molecule is CC(=O)c1ccc(N(C)CCO)cc1Cl. The zero-order valence-corrected chi connectivity index (χ0v) is 9.58. The highest BCUT2D eigenvalue weighted by atomic mass is 35.5. The van der Waals surface area contributed by atoms with Crippen LogP contribution in [0.4, 0.5) is 5.69 Å². The molecule has 0 spiro atoms. The first-order chi connectivity index (χ1) is 7.06. The lowest BCUT2D eigenvalue weighted by molar-refractivity contribution is 0.101. The van der Waals surface area contributed by atoms with Gasteiger partial charge in [-0.15, -0.1) is 0 Å². The Bertz CT molecular complexity index is 366. The summed E-state index contributed by atoms with van der Waals surface area (Å²) in [5.74, 6) is -0.0450. The Morgan fingerprint density at radius 1 is 1.53 bits per heavy atom. The van der Waals surface area contributed by atoms with E-state index in [0.717, 1.165) is 5.69 Å². The number of nitrogens with zero attached hydrogens (tertiary/aromatic N) is 1. The summed E-state index contributed by atoms with van der Waals surface area (Å²) in [7, 11) is 1.86. The van der Waals surface area contributed by atoms with Crippen molar-refractivity contribution in [2.45, 2.75) is 6.92 Å². The predicted octanol–water partition coefficient (Wildman–Crippen LogP) is 1.97. The summed E-state index contributed by atoms with van der Waals surface area (Å²) in [5, 5.41) is 9.23. The molecule has 0 aliphatic rings. The fourth-order valence-corrected chi connectivity index (χ4v) is 1.61. The Labute approximate surface area is 94.3 Å². The number of halogens is 1. The second-order valence-electron chi connectivity index (χ2n) is 3.37. The van der Waals surface area contributed by atoms with Gasteiger partial charge in [-0.3, -0.25) is 4.79 Å². The number of Topliss-reactive ketones (excluding diaryl/α,β-unsaturated/α-hetero) is 1. The van der Waals surface area contributed by atoms with E-state index in [-0.39, 0.29) is 12.4 Å². The van der Waals surface area contributed by atoms with Crippen molar-refractivity contribution in [3.05, 3.63) is 28.8 Å². The van der Waals surface area contributed by atoms with Crippen LogP contribution >= 0.6 is 11.6 Å². The molecule has 3 nitrogen and oxygen atoms in total. The topological polar surface area (TPSA) is 40.5 Å². The zero-order chi connectivity index (χ0) is 11.4. The van der Waals surface area contributed by atoms with E-state index in [1.807, 2.05) is 18.0 Å². The van der Waals surface area contributed by atoms with Gasteiger partial charge in [-0.05, 0) is 25.1 Å². The quantitative estimate of drug-likeness (QED) is 0.800. The molecule has 1 aromatic rings. The lowest BCUT2D eigenvalue weighted by atomic mass is 10.1. The Morgan fingerprint density at radius 3 is 2.67 bits per heavy atom. The summed E-state index contributed by atoms with van der Waals surface area (Å²) in [6.45, 7) is 2.11. The Morgan fingerprint density at radius 2 is 2.20 bits per heavy atom. The van der Waals surface area contributed by atoms with Crippen molar-refractivity contribution in [1.82, 2.24) is 0 Å². The van der Waals surface area contributed by atoms with Crippen molar-refractivity contribution in [2.75, 3.05) is 25.1 Å². The van der Waals surface area contributed by atoms with Gasteiger partial charge in [0.1, 0.15) is 0 Å². The van der Waals surface area contributed by atoms with Gasteiger partial charge in [0, 0.05) is 24.8 Å². The van der Waals surface area contributed by atoms with E-state index in [1.54, 1.807) is 12.1 Å². The van der Waals surface area contributed by atoms with Crippen molar-refractivity contribution in [2.24, 2.45) is 0 Å². The molecule has 15 heavy (non-hydrogen) atoms. The van der Waals surface area contributed by atoms with Gasteiger partial charge < -0.3 is 10.0 Å². The third-order valence-corrected chi connectivity index (χ3v) is 2.52. The van der Waals surface area contributed by atoms with Gasteiger partial charge in [0.15, 0.2) is 5.78 Å². The monoisotopic (exact) mass is 227 g/mol. The molecule has 1 aromatic carbocycles. The highest BCUT2D eigenvalue weighted by molar-refractivity contribution is 6.34.